The summed E-state index contributed by atoms with van der Waals surface area (Å²) >= 11 is 15.1. The van der Waals surface area contributed by atoms with E-state index in [1.165, 1.54) is 22.7 Å². The lowest BCUT2D eigenvalue weighted by atomic mass is 10.2. The summed E-state index contributed by atoms with van der Waals surface area (Å²) in [6.07, 6.45) is 0.996. The molecule has 0 fully saturated rings. The molecule has 152 valence electrons. The molecule has 2 amide bonds. The van der Waals surface area contributed by atoms with Crippen molar-refractivity contribution in [2.45, 2.75) is 19.8 Å². The lowest BCUT2D eigenvalue weighted by molar-refractivity contribution is -0.118. The number of anilines is 1. The summed E-state index contributed by atoms with van der Waals surface area (Å²) in [4.78, 5) is 31.0. The minimum absolute atomic E-state index is 0.0828. The van der Waals surface area contributed by atoms with E-state index < -0.39 is 0 Å². The van der Waals surface area contributed by atoms with Gasteiger partial charge in [-0.3, -0.25) is 14.5 Å². The minimum atomic E-state index is -0.171. The van der Waals surface area contributed by atoms with Crippen LogP contribution in [0.4, 0.5) is 5.13 Å². The van der Waals surface area contributed by atoms with Crippen molar-refractivity contribution in [1.29, 1.82) is 0 Å². The van der Waals surface area contributed by atoms with Crippen LogP contribution in [0.5, 0.6) is 0 Å². The van der Waals surface area contributed by atoms with E-state index in [1.54, 1.807) is 28.5 Å². The molecule has 0 aliphatic heterocycles. The quantitative estimate of drug-likeness (QED) is 0.459. The average molecular weight is 468 g/mol. The first-order valence-electron chi connectivity index (χ1n) is 9.01. The summed E-state index contributed by atoms with van der Waals surface area (Å²) < 4.78 is 0. The molecule has 29 heavy (non-hydrogen) atoms. The molecule has 0 bridgehead atoms. The van der Waals surface area contributed by atoms with Crippen LogP contribution in [0, 0.1) is 0 Å². The molecule has 0 radical (unpaired) electrons. The number of hydrogen-bond donors (Lipinski definition) is 1. The van der Waals surface area contributed by atoms with E-state index in [1.807, 2.05) is 23.8 Å². The molecule has 0 atom stereocenters. The summed E-state index contributed by atoms with van der Waals surface area (Å²) in [6.45, 7) is 2.83. The van der Waals surface area contributed by atoms with Crippen LogP contribution in [0.15, 0.2) is 40.4 Å². The number of nitrogens with zero attached hydrogens (tertiary/aromatic N) is 2. The Hall–Kier alpha value is -1.93. The van der Waals surface area contributed by atoms with Gasteiger partial charge in [-0.25, -0.2) is 4.98 Å². The van der Waals surface area contributed by atoms with Gasteiger partial charge in [0.25, 0.3) is 5.91 Å². The molecule has 0 saturated carbocycles. The second-order valence-corrected chi connectivity index (χ2v) is 8.66. The van der Waals surface area contributed by atoms with Gasteiger partial charge in [-0.05, 0) is 36.1 Å². The molecule has 3 rings (SSSR count). The van der Waals surface area contributed by atoms with Crippen LogP contribution in [0.3, 0.4) is 0 Å². The zero-order valence-corrected chi connectivity index (χ0v) is 18.8. The third kappa shape index (κ3) is 5.57. The molecular formula is C20H19Cl2N3O2S2. The SMILES string of the molecule is CCCN(C(=O)CCNC(=O)c1ccsc1)c1nc(-c2ccc(Cl)cc2Cl)cs1. The molecule has 0 spiro atoms. The summed E-state index contributed by atoms with van der Waals surface area (Å²) in [5, 5.41) is 9.96. The monoisotopic (exact) mass is 467 g/mol. The Morgan fingerprint density at radius 3 is 2.72 bits per heavy atom. The normalized spacial score (nSPS) is 10.7. The lowest BCUT2D eigenvalue weighted by Gasteiger charge is -2.19. The zero-order chi connectivity index (χ0) is 20.8. The van der Waals surface area contributed by atoms with Gasteiger partial charge in [0.05, 0.1) is 10.7 Å². The molecule has 9 heteroatoms. The van der Waals surface area contributed by atoms with Crippen LogP contribution in [-0.4, -0.2) is 29.9 Å². The number of amides is 2. The van der Waals surface area contributed by atoms with Crippen molar-refractivity contribution >= 4 is 62.8 Å². The maximum absolute atomic E-state index is 12.8. The van der Waals surface area contributed by atoms with Crippen molar-refractivity contribution in [2.75, 3.05) is 18.0 Å². The van der Waals surface area contributed by atoms with E-state index in [2.05, 4.69) is 10.3 Å². The van der Waals surface area contributed by atoms with Gasteiger partial charge in [0.2, 0.25) is 5.91 Å². The highest BCUT2D eigenvalue weighted by Crippen LogP contribution is 2.33. The fourth-order valence-corrected chi connectivity index (χ4v) is 4.68. The summed E-state index contributed by atoms with van der Waals surface area (Å²) in [5.74, 6) is -0.254. The van der Waals surface area contributed by atoms with E-state index in [-0.39, 0.29) is 24.8 Å². The minimum Gasteiger partial charge on any atom is -0.351 e. The third-order valence-corrected chi connectivity index (χ3v) is 6.18. The highest BCUT2D eigenvalue weighted by Gasteiger charge is 2.19. The molecule has 0 aliphatic rings. The summed E-state index contributed by atoms with van der Waals surface area (Å²) in [6, 6.07) is 7.00. The number of benzene rings is 1. The van der Waals surface area contributed by atoms with Crippen molar-refractivity contribution in [1.82, 2.24) is 10.3 Å². The van der Waals surface area contributed by atoms with Crippen molar-refractivity contribution in [3.8, 4) is 11.3 Å². The van der Waals surface area contributed by atoms with Gasteiger partial charge in [0, 0.05) is 46.4 Å². The standard InChI is InChI=1S/C20H19Cl2N3O2S2/c1-2-8-25(18(26)5-7-23-19(27)13-6-9-28-11-13)20-24-17(12-29-20)15-4-3-14(21)10-16(15)22/h3-4,6,9-12H,2,5,7-8H2,1H3,(H,23,27). The van der Waals surface area contributed by atoms with E-state index in [0.29, 0.717) is 33.0 Å². The number of carbonyl (C=O) groups excluding carboxylic acids is 2. The maximum Gasteiger partial charge on any atom is 0.252 e. The number of rotatable bonds is 8. The Labute approximate surface area is 187 Å². The first-order valence-corrected chi connectivity index (χ1v) is 11.6. The molecule has 1 N–H and O–H groups in total. The van der Waals surface area contributed by atoms with Crippen LogP contribution in [0.25, 0.3) is 11.3 Å². The number of hydrogen-bond acceptors (Lipinski definition) is 5. The van der Waals surface area contributed by atoms with Crippen molar-refractivity contribution in [2.24, 2.45) is 0 Å². The van der Waals surface area contributed by atoms with Crippen molar-refractivity contribution in [3.63, 3.8) is 0 Å². The number of thiazole rings is 1. The van der Waals surface area contributed by atoms with Crippen LogP contribution >= 0.6 is 45.9 Å². The molecule has 1 aromatic carbocycles. The number of nitrogens with one attached hydrogen (secondary N) is 1. The van der Waals surface area contributed by atoms with Crippen LogP contribution in [0.2, 0.25) is 10.0 Å². The van der Waals surface area contributed by atoms with Crippen molar-refractivity contribution in [3.05, 3.63) is 56.0 Å². The molecular weight excluding hydrogens is 449 g/mol. The van der Waals surface area contributed by atoms with Gasteiger partial charge in [0.15, 0.2) is 5.13 Å². The zero-order valence-electron chi connectivity index (χ0n) is 15.7. The number of halogens is 2. The number of aromatic nitrogens is 1. The van der Waals surface area contributed by atoms with E-state index in [9.17, 15) is 9.59 Å². The summed E-state index contributed by atoms with van der Waals surface area (Å²) in [5.41, 5.74) is 2.08. The van der Waals surface area contributed by atoms with Gasteiger partial charge in [-0.1, -0.05) is 30.1 Å². The first kappa shape index (κ1) is 21.8. The van der Waals surface area contributed by atoms with Gasteiger partial charge in [-0.15, -0.1) is 11.3 Å². The fourth-order valence-electron chi connectivity index (χ4n) is 2.67. The Bertz CT molecular complexity index is 990. The predicted octanol–water partition coefficient (Wildman–Crippen LogP) is 5.74. The maximum atomic E-state index is 12.8. The van der Waals surface area contributed by atoms with Gasteiger partial charge in [-0.2, -0.15) is 11.3 Å². The lowest BCUT2D eigenvalue weighted by Crippen LogP contribution is -2.35. The molecule has 3 aromatic rings. The average Bonchev–Trinajstić information content (AvgIpc) is 3.38. The van der Waals surface area contributed by atoms with Crippen LogP contribution < -0.4 is 10.2 Å². The number of carbonyl (C=O) groups is 2. The topological polar surface area (TPSA) is 62.3 Å². The largest absolute Gasteiger partial charge is 0.351 e. The van der Waals surface area contributed by atoms with Crippen molar-refractivity contribution < 1.29 is 9.59 Å². The third-order valence-electron chi connectivity index (χ3n) is 4.09. The Morgan fingerprint density at radius 1 is 1.21 bits per heavy atom. The molecule has 2 heterocycles. The predicted molar refractivity (Wildman–Crippen MR) is 121 cm³/mol. The van der Waals surface area contributed by atoms with Gasteiger partial charge < -0.3 is 5.32 Å². The Balaban J connectivity index is 1.66. The van der Waals surface area contributed by atoms with Gasteiger partial charge in [0.1, 0.15) is 0 Å². The summed E-state index contributed by atoms with van der Waals surface area (Å²) in [7, 11) is 0. The molecule has 2 aromatic heterocycles. The Kier molecular flexibility index (Phi) is 7.66. The van der Waals surface area contributed by atoms with Crippen LogP contribution in [-0.2, 0) is 4.79 Å². The molecule has 0 aliphatic carbocycles. The highest BCUT2D eigenvalue weighted by atomic mass is 35.5. The first-order chi connectivity index (χ1) is 14.0. The number of thiophene rings is 1. The van der Waals surface area contributed by atoms with Gasteiger partial charge >= 0.3 is 0 Å². The smallest absolute Gasteiger partial charge is 0.252 e. The van der Waals surface area contributed by atoms with E-state index in [4.69, 9.17) is 23.2 Å². The highest BCUT2D eigenvalue weighted by molar-refractivity contribution is 7.14. The van der Waals surface area contributed by atoms with E-state index >= 15 is 0 Å². The fraction of sp³-hybridized carbons (Fsp3) is 0.250. The second kappa shape index (κ2) is 10.2. The Morgan fingerprint density at radius 2 is 2.03 bits per heavy atom. The second-order valence-electron chi connectivity index (χ2n) is 6.20. The molecule has 5 nitrogen and oxygen atoms in total. The molecule has 0 unspecified atom stereocenters. The molecule has 0 saturated heterocycles. The van der Waals surface area contributed by atoms with E-state index in [0.717, 1.165) is 12.0 Å². The van der Waals surface area contributed by atoms with Crippen LogP contribution in [0.1, 0.15) is 30.1 Å².